The Morgan fingerprint density at radius 3 is 2.46 bits per heavy atom. The first-order chi connectivity index (χ1) is 11.8. The van der Waals surface area contributed by atoms with Gasteiger partial charge in [-0.1, -0.05) is 25.0 Å². The van der Waals surface area contributed by atoms with E-state index in [1.54, 1.807) is 4.68 Å². The minimum atomic E-state index is 0.514. The highest BCUT2D eigenvalue weighted by molar-refractivity contribution is 7.71. The van der Waals surface area contributed by atoms with Gasteiger partial charge in [0.05, 0.1) is 6.21 Å². The quantitative estimate of drug-likeness (QED) is 0.673. The molecule has 0 atom stereocenters. The van der Waals surface area contributed by atoms with E-state index in [4.69, 9.17) is 12.2 Å². The van der Waals surface area contributed by atoms with Crippen molar-refractivity contribution in [1.29, 1.82) is 0 Å². The number of nitrogens with zero attached hydrogens (tertiary/aromatic N) is 4. The molecule has 0 spiro atoms. The number of hydrogen-bond acceptors (Lipinski definition) is 4. The predicted molar refractivity (Wildman–Crippen MR) is 99.5 cm³/mol. The number of aromatic nitrogens is 3. The van der Waals surface area contributed by atoms with Crippen LogP contribution < -0.4 is 4.90 Å². The first-order valence-corrected chi connectivity index (χ1v) is 9.29. The summed E-state index contributed by atoms with van der Waals surface area (Å²) in [5, 5.41) is 11.7. The van der Waals surface area contributed by atoms with Crippen LogP contribution in [0.1, 0.15) is 55.8 Å². The maximum absolute atomic E-state index is 5.28. The number of aromatic amines is 1. The molecule has 24 heavy (non-hydrogen) atoms. The highest BCUT2D eigenvalue weighted by atomic mass is 32.1. The van der Waals surface area contributed by atoms with E-state index in [0.29, 0.717) is 10.7 Å². The molecule has 4 rings (SSSR count). The number of rotatable bonds is 4. The Balaban J connectivity index is 1.49. The van der Waals surface area contributed by atoms with Crippen molar-refractivity contribution in [2.45, 2.75) is 44.4 Å². The molecule has 1 saturated heterocycles. The molecular formula is C18H23N5S. The van der Waals surface area contributed by atoms with Crippen molar-refractivity contribution in [2.75, 3.05) is 18.0 Å². The minimum Gasteiger partial charge on any atom is -0.372 e. The van der Waals surface area contributed by atoms with Crippen molar-refractivity contribution in [3.63, 3.8) is 0 Å². The number of anilines is 1. The third-order valence-electron chi connectivity index (χ3n) is 4.80. The molecule has 1 saturated carbocycles. The smallest absolute Gasteiger partial charge is 0.216 e. The fraction of sp³-hybridized carbons (Fsp3) is 0.500. The van der Waals surface area contributed by atoms with Crippen molar-refractivity contribution in [3.8, 4) is 0 Å². The van der Waals surface area contributed by atoms with Gasteiger partial charge >= 0.3 is 0 Å². The van der Waals surface area contributed by atoms with E-state index in [2.05, 4.69) is 44.5 Å². The van der Waals surface area contributed by atoms with E-state index < -0.39 is 0 Å². The van der Waals surface area contributed by atoms with Crippen molar-refractivity contribution in [3.05, 3.63) is 40.4 Å². The monoisotopic (exact) mass is 341 g/mol. The van der Waals surface area contributed by atoms with E-state index >= 15 is 0 Å². The van der Waals surface area contributed by atoms with Gasteiger partial charge in [0.25, 0.3) is 0 Å². The van der Waals surface area contributed by atoms with Crippen LogP contribution in [0, 0.1) is 4.77 Å². The second-order valence-corrected chi connectivity index (χ2v) is 7.10. The second kappa shape index (κ2) is 6.89. The Morgan fingerprint density at radius 2 is 1.79 bits per heavy atom. The summed E-state index contributed by atoms with van der Waals surface area (Å²) in [5.41, 5.74) is 2.39. The van der Waals surface area contributed by atoms with Gasteiger partial charge in [-0.2, -0.15) is 14.9 Å². The molecular weight excluding hydrogens is 318 g/mol. The van der Waals surface area contributed by atoms with Gasteiger partial charge in [0.2, 0.25) is 4.77 Å². The molecule has 126 valence electrons. The second-order valence-electron chi connectivity index (χ2n) is 6.71. The van der Waals surface area contributed by atoms with Crippen LogP contribution in [0.2, 0.25) is 0 Å². The van der Waals surface area contributed by atoms with Crippen LogP contribution in [-0.4, -0.2) is 34.2 Å². The maximum Gasteiger partial charge on any atom is 0.216 e. The van der Waals surface area contributed by atoms with Crippen LogP contribution in [0.5, 0.6) is 0 Å². The number of nitrogens with one attached hydrogen (secondary N) is 1. The number of benzene rings is 1. The van der Waals surface area contributed by atoms with Crippen LogP contribution in [0.4, 0.5) is 5.69 Å². The van der Waals surface area contributed by atoms with E-state index in [9.17, 15) is 0 Å². The highest BCUT2D eigenvalue weighted by Gasteiger charge is 2.29. The lowest BCUT2D eigenvalue weighted by atomic mass is 10.2. The van der Waals surface area contributed by atoms with Gasteiger partial charge < -0.3 is 4.90 Å². The molecule has 0 radical (unpaired) electrons. The lowest BCUT2D eigenvalue weighted by molar-refractivity contribution is 0.726. The number of hydrogen-bond donors (Lipinski definition) is 1. The average Bonchev–Trinajstić information content (AvgIpc) is 3.41. The summed E-state index contributed by atoms with van der Waals surface area (Å²) < 4.78 is 2.32. The standard InChI is InChI=1S/C18H23N5S/c24-18-21-20-17(15-7-8-15)23(18)19-13-14-5-9-16(10-6-14)22-11-3-1-2-4-12-22/h5-6,9-10,13,15H,1-4,7-8,11-12H2,(H,21,24)/b19-13-. The summed E-state index contributed by atoms with van der Waals surface area (Å²) >= 11 is 5.28. The average molecular weight is 341 g/mol. The molecule has 1 aliphatic heterocycles. The maximum atomic E-state index is 5.28. The predicted octanol–water partition coefficient (Wildman–Crippen LogP) is 4.08. The van der Waals surface area contributed by atoms with Gasteiger partial charge in [0.15, 0.2) is 5.82 Å². The Hall–Kier alpha value is -1.95. The Morgan fingerprint density at radius 1 is 1.08 bits per heavy atom. The Bertz CT molecular complexity index is 761. The summed E-state index contributed by atoms with van der Waals surface area (Å²) in [6.45, 7) is 2.34. The summed E-state index contributed by atoms with van der Waals surface area (Å²) in [6.07, 6.45) is 9.53. The fourth-order valence-corrected chi connectivity index (χ4v) is 3.43. The Labute approximate surface area is 147 Å². The van der Waals surface area contributed by atoms with Crippen LogP contribution in [0.15, 0.2) is 29.4 Å². The summed E-state index contributed by atoms with van der Waals surface area (Å²) in [5.74, 6) is 1.47. The van der Waals surface area contributed by atoms with E-state index in [0.717, 1.165) is 11.4 Å². The molecule has 5 nitrogen and oxygen atoms in total. The first kappa shape index (κ1) is 15.6. The molecule has 1 aromatic heterocycles. The van der Waals surface area contributed by atoms with Crippen LogP contribution in [0.25, 0.3) is 0 Å². The zero-order valence-corrected chi connectivity index (χ0v) is 14.6. The summed E-state index contributed by atoms with van der Waals surface area (Å²) in [4.78, 5) is 2.49. The fourth-order valence-electron chi connectivity index (χ4n) is 3.25. The van der Waals surface area contributed by atoms with E-state index in [1.807, 2.05) is 6.21 Å². The number of H-pyrrole nitrogens is 1. The van der Waals surface area contributed by atoms with Crippen molar-refractivity contribution in [2.24, 2.45) is 5.10 Å². The SMILES string of the molecule is S=c1[nH]nc(C2CC2)n1/N=C\c1ccc(N2CCCCCC2)cc1. The molecule has 0 bridgehead atoms. The third kappa shape index (κ3) is 3.43. The molecule has 2 fully saturated rings. The summed E-state index contributed by atoms with van der Waals surface area (Å²) in [6, 6.07) is 8.65. The lowest BCUT2D eigenvalue weighted by Crippen LogP contribution is -2.23. The van der Waals surface area contributed by atoms with Crippen molar-refractivity contribution < 1.29 is 0 Å². The van der Waals surface area contributed by atoms with Crippen LogP contribution in [0.3, 0.4) is 0 Å². The highest BCUT2D eigenvalue weighted by Crippen LogP contribution is 2.38. The molecule has 6 heteroatoms. The van der Waals surface area contributed by atoms with Gasteiger partial charge in [-0.25, -0.2) is 0 Å². The van der Waals surface area contributed by atoms with Gasteiger partial charge in [-0.15, -0.1) is 0 Å². The third-order valence-corrected chi connectivity index (χ3v) is 5.07. The van der Waals surface area contributed by atoms with E-state index in [-0.39, 0.29) is 0 Å². The first-order valence-electron chi connectivity index (χ1n) is 8.88. The van der Waals surface area contributed by atoms with Gasteiger partial charge in [-0.05, 0) is 55.6 Å². The largest absolute Gasteiger partial charge is 0.372 e. The molecule has 0 unspecified atom stereocenters. The van der Waals surface area contributed by atoms with Crippen molar-refractivity contribution >= 4 is 24.1 Å². The van der Waals surface area contributed by atoms with Gasteiger partial charge in [-0.3, -0.25) is 5.10 Å². The van der Waals surface area contributed by atoms with Crippen LogP contribution >= 0.6 is 12.2 Å². The molecule has 0 amide bonds. The Kier molecular flexibility index (Phi) is 4.47. The van der Waals surface area contributed by atoms with E-state index in [1.165, 1.54) is 57.3 Å². The molecule has 2 heterocycles. The molecule has 1 aromatic carbocycles. The molecule has 2 aromatic rings. The molecule has 2 aliphatic rings. The molecule has 1 N–H and O–H groups in total. The van der Waals surface area contributed by atoms with Gasteiger partial charge in [0, 0.05) is 24.7 Å². The van der Waals surface area contributed by atoms with Crippen LogP contribution in [-0.2, 0) is 0 Å². The normalized spacial score (nSPS) is 18.9. The lowest BCUT2D eigenvalue weighted by Gasteiger charge is -2.22. The summed E-state index contributed by atoms with van der Waals surface area (Å²) in [7, 11) is 0. The zero-order chi connectivity index (χ0) is 16.4. The van der Waals surface area contributed by atoms with Crippen molar-refractivity contribution in [1.82, 2.24) is 14.9 Å². The molecule has 1 aliphatic carbocycles. The minimum absolute atomic E-state index is 0.514. The topological polar surface area (TPSA) is 49.2 Å². The zero-order valence-electron chi connectivity index (χ0n) is 13.8. The van der Waals surface area contributed by atoms with Gasteiger partial charge in [0.1, 0.15) is 0 Å².